The molecule has 1 amide bonds. The van der Waals surface area contributed by atoms with E-state index in [2.05, 4.69) is 31.0 Å². The van der Waals surface area contributed by atoms with E-state index in [0.717, 1.165) is 36.2 Å². The van der Waals surface area contributed by atoms with E-state index in [1.54, 1.807) is 33.7 Å². The van der Waals surface area contributed by atoms with Crippen molar-refractivity contribution in [2.45, 2.75) is 53.0 Å². The topological polar surface area (TPSA) is 138 Å². The third-order valence-electron chi connectivity index (χ3n) is 5.70. The molecule has 0 aliphatic heterocycles. The van der Waals surface area contributed by atoms with E-state index in [1.807, 2.05) is 59.0 Å². The second kappa shape index (κ2) is 15.1. The molecule has 0 aromatic carbocycles. The molecule has 0 bridgehead atoms. The molecule has 4 N–H and O–H groups in total. The Kier molecular flexibility index (Phi) is 11.9. The lowest BCUT2D eigenvalue weighted by Gasteiger charge is -2.23. The summed E-state index contributed by atoms with van der Waals surface area (Å²) in [6.45, 7) is 7.85. The standard InChI is InChI=1S/C19H19N7O.C5H9NO.C2H6.CH4O/c1-12-10-22-26-17(20-3)9-16(24-18(12)26)23-15-5-4-8-25(19(15)27)14-7-6-13(2)21-11-14;7-4-6-5-2-1-3-5;2*1-2/h4-11,20H,1-3H3,(H,23,24);4-5H,1-3H2,(H,6,7);1-2H3;2H,1H3. The highest BCUT2D eigenvalue weighted by atomic mass is 16.2. The smallest absolute Gasteiger partial charge is 0.278 e. The van der Waals surface area contributed by atoms with E-state index < -0.39 is 0 Å². The van der Waals surface area contributed by atoms with Crippen molar-refractivity contribution in [1.82, 2.24) is 29.5 Å². The number of nitrogens with zero attached hydrogens (tertiary/aromatic N) is 5. The molecule has 0 spiro atoms. The molecule has 5 rings (SSSR count). The van der Waals surface area contributed by atoms with Crippen molar-refractivity contribution in [3.63, 3.8) is 0 Å². The van der Waals surface area contributed by atoms with Crippen LogP contribution in [-0.4, -0.2) is 55.9 Å². The number of aliphatic hydroxyl groups excluding tert-OH is 1. The number of amides is 1. The summed E-state index contributed by atoms with van der Waals surface area (Å²) in [6, 6.07) is 9.60. The van der Waals surface area contributed by atoms with Gasteiger partial charge in [0.25, 0.3) is 5.56 Å². The van der Waals surface area contributed by atoms with Crippen LogP contribution >= 0.6 is 0 Å². The Bertz CT molecular complexity index is 1340. The van der Waals surface area contributed by atoms with Crippen molar-refractivity contribution in [2.75, 3.05) is 24.8 Å². The number of hydrogen-bond acceptors (Lipinski definition) is 8. The fraction of sp³-hybridized carbons (Fsp3) is 0.370. The molecule has 11 nitrogen and oxygen atoms in total. The maximum atomic E-state index is 12.9. The van der Waals surface area contributed by atoms with Crippen molar-refractivity contribution in [3.8, 4) is 5.69 Å². The molecule has 0 atom stereocenters. The van der Waals surface area contributed by atoms with Gasteiger partial charge in [0.2, 0.25) is 6.41 Å². The lowest BCUT2D eigenvalue weighted by Crippen LogP contribution is -2.33. The number of aliphatic hydroxyl groups is 1. The average Bonchev–Trinajstić information content (AvgIpc) is 3.31. The molecule has 4 heterocycles. The molecule has 1 aliphatic carbocycles. The van der Waals surface area contributed by atoms with Gasteiger partial charge in [-0.25, -0.2) is 4.98 Å². The van der Waals surface area contributed by atoms with Gasteiger partial charge in [-0.05, 0) is 57.4 Å². The molecule has 204 valence electrons. The van der Waals surface area contributed by atoms with Gasteiger partial charge in [0, 0.05) is 43.7 Å². The van der Waals surface area contributed by atoms with Crippen LogP contribution in [0, 0.1) is 13.8 Å². The van der Waals surface area contributed by atoms with Crippen LogP contribution in [0.2, 0.25) is 0 Å². The first-order valence-corrected chi connectivity index (χ1v) is 12.6. The maximum Gasteiger partial charge on any atom is 0.278 e. The van der Waals surface area contributed by atoms with Gasteiger partial charge in [0.1, 0.15) is 17.3 Å². The maximum absolute atomic E-state index is 12.9. The summed E-state index contributed by atoms with van der Waals surface area (Å²) in [6.07, 6.45) is 9.58. The third-order valence-corrected chi connectivity index (χ3v) is 5.70. The molecular formula is C27H38N8O3. The summed E-state index contributed by atoms with van der Waals surface area (Å²) in [4.78, 5) is 31.4. The van der Waals surface area contributed by atoms with Gasteiger partial charge in [0.15, 0.2) is 5.65 Å². The predicted molar refractivity (Wildman–Crippen MR) is 151 cm³/mol. The molecule has 1 aliphatic rings. The second-order valence-electron chi connectivity index (χ2n) is 8.13. The highest BCUT2D eigenvalue weighted by Crippen LogP contribution is 2.20. The van der Waals surface area contributed by atoms with Gasteiger partial charge in [-0.3, -0.25) is 19.1 Å². The number of carbonyl (C=O) groups excluding carboxylic acids is 1. The van der Waals surface area contributed by atoms with Crippen molar-refractivity contribution in [2.24, 2.45) is 0 Å². The van der Waals surface area contributed by atoms with E-state index in [4.69, 9.17) is 5.11 Å². The molecule has 1 saturated carbocycles. The average molecular weight is 523 g/mol. The number of nitrogens with one attached hydrogen (secondary N) is 3. The minimum absolute atomic E-state index is 0.180. The quantitative estimate of drug-likeness (QED) is 0.282. The number of aryl methyl sites for hydroxylation is 2. The van der Waals surface area contributed by atoms with Crippen LogP contribution in [0.15, 0.2) is 53.7 Å². The SMILES string of the molecule is CC.CNc1cc(Nc2cccn(-c3ccc(C)nc3)c2=O)nc2c(C)cnn12.CO.O=CNC1CCC1. The zero-order chi connectivity index (χ0) is 28.1. The Morgan fingerprint density at radius 1 is 1.11 bits per heavy atom. The van der Waals surface area contributed by atoms with E-state index in [0.29, 0.717) is 23.2 Å². The largest absolute Gasteiger partial charge is 0.400 e. The molecular weight excluding hydrogens is 484 g/mol. The number of hydrogen-bond donors (Lipinski definition) is 4. The lowest BCUT2D eigenvalue weighted by atomic mass is 9.94. The highest BCUT2D eigenvalue weighted by molar-refractivity contribution is 5.64. The first-order chi connectivity index (χ1) is 18.5. The van der Waals surface area contributed by atoms with E-state index in [1.165, 1.54) is 19.3 Å². The van der Waals surface area contributed by atoms with Gasteiger partial charge in [-0.2, -0.15) is 9.61 Å². The molecule has 0 radical (unpaired) electrons. The summed E-state index contributed by atoms with van der Waals surface area (Å²) >= 11 is 0. The molecule has 4 aromatic heterocycles. The Balaban J connectivity index is 0.000000391. The number of rotatable bonds is 6. The van der Waals surface area contributed by atoms with Crippen LogP contribution in [0.5, 0.6) is 0 Å². The van der Waals surface area contributed by atoms with Crippen LogP contribution in [0.4, 0.5) is 17.3 Å². The summed E-state index contributed by atoms with van der Waals surface area (Å²) in [5.41, 5.74) is 3.53. The van der Waals surface area contributed by atoms with Crippen molar-refractivity contribution in [1.29, 1.82) is 0 Å². The summed E-state index contributed by atoms with van der Waals surface area (Å²) in [5, 5.41) is 20.2. The lowest BCUT2D eigenvalue weighted by molar-refractivity contribution is -0.110. The monoisotopic (exact) mass is 522 g/mol. The van der Waals surface area contributed by atoms with Crippen molar-refractivity contribution in [3.05, 3.63) is 70.5 Å². The Morgan fingerprint density at radius 3 is 2.39 bits per heavy atom. The van der Waals surface area contributed by atoms with Crippen molar-refractivity contribution >= 4 is 29.4 Å². The van der Waals surface area contributed by atoms with Gasteiger partial charge in [0.05, 0.1) is 18.1 Å². The number of aromatic nitrogens is 5. The summed E-state index contributed by atoms with van der Waals surface area (Å²) in [5.74, 6) is 1.34. The molecule has 11 heteroatoms. The van der Waals surface area contributed by atoms with Crippen LogP contribution in [0.3, 0.4) is 0 Å². The zero-order valence-electron chi connectivity index (χ0n) is 22.9. The zero-order valence-corrected chi connectivity index (χ0v) is 22.9. The van der Waals surface area contributed by atoms with E-state index in [9.17, 15) is 9.59 Å². The molecule has 38 heavy (non-hydrogen) atoms. The van der Waals surface area contributed by atoms with Crippen LogP contribution < -0.4 is 21.5 Å². The summed E-state index contributed by atoms with van der Waals surface area (Å²) in [7, 11) is 2.81. The van der Waals surface area contributed by atoms with E-state index in [-0.39, 0.29) is 5.56 Å². The van der Waals surface area contributed by atoms with Crippen LogP contribution in [0.25, 0.3) is 11.3 Å². The van der Waals surface area contributed by atoms with Crippen molar-refractivity contribution < 1.29 is 9.90 Å². The first kappa shape index (κ1) is 30.0. The molecule has 0 unspecified atom stereocenters. The molecule has 4 aromatic rings. The van der Waals surface area contributed by atoms with Gasteiger partial charge >= 0.3 is 0 Å². The minimum Gasteiger partial charge on any atom is -0.400 e. The summed E-state index contributed by atoms with van der Waals surface area (Å²) < 4.78 is 3.28. The Morgan fingerprint density at radius 2 is 1.84 bits per heavy atom. The fourth-order valence-electron chi connectivity index (χ4n) is 3.52. The predicted octanol–water partition coefficient (Wildman–Crippen LogP) is 3.60. The molecule has 1 fully saturated rings. The van der Waals surface area contributed by atoms with E-state index >= 15 is 0 Å². The first-order valence-electron chi connectivity index (χ1n) is 12.6. The number of fused-ring (bicyclic) bond motifs is 1. The number of pyridine rings is 2. The van der Waals surface area contributed by atoms with Crippen LogP contribution in [-0.2, 0) is 4.79 Å². The third kappa shape index (κ3) is 7.39. The van der Waals surface area contributed by atoms with Gasteiger partial charge in [-0.1, -0.05) is 13.8 Å². The van der Waals surface area contributed by atoms with Gasteiger partial charge < -0.3 is 21.1 Å². The fourth-order valence-corrected chi connectivity index (χ4v) is 3.52. The highest BCUT2D eigenvalue weighted by Gasteiger charge is 2.15. The second-order valence-corrected chi connectivity index (χ2v) is 8.13. The molecule has 0 saturated heterocycles. The Labute approximate surface area is 223 Å². The van der Waals surface area contributed by atoms with Crippen LogP contribution in [0.1, 0.15) is 44.4 Å². The number of anilines is 3. The normalized spacial score (nSPS) is 11.9. The Hall–Kier alpha value is -4.25. The number of carbonyl (C=O) groups is 1. The minimum atomic E-state index is -0.180. The van der Waals surface area contributed by atoms with Gasteiger partial charge in [-0.15, -0.1) is 0 Å².